The lowest BCUT2D eigenvalue weighted by Crippen LogP contribution is -2.37. The van der Waals surface area contributed by atoms with E-state index < -0.39 is 6.04 Å². The Labute approximate surface area is 170 Å². The van der Waals surface area contributed by atoms with Gasteiger partial charge in [-0.1, -0.05) is 30.3 Å². The number of nitrogens with one attached hydrogen (secondary N) is 1. The van der Waals surface area contributed by atoms with Crippen molar-refractivity contribution < 1.29 is 14.0 Å². The van der Waals surface area contributed by atoms with Gasteiger partial charge in [0.15, 0.2) is 0 Å². The highest BCUT2D eigenvalue weighted by atomic mass is 19.1. The molecule has 0 bridgehead atoms. The van der Waals surface area contributed by atoms with Crippen molar-refractivity contribution in [2.24, 2.45) is 0 Å². The van der Waals surface area contributed by atoms with E-state index in [9.17, 15) is 14.0 Å². The Hall–Kier alpha value is -2.73. The van der Waals surface area contributed by atoms with Crippen LogP contribution in [-0.4, -0.2) is 47.8 Å². The minimum Gasteiger partial charge on any atom is -0.355 e. The number of carbonyl (C=O) groups is 2. The molecule has 29 heavy (non-hydrogen) atoms. The van der Waals surface area contributed by atoms with Crippen molar-refractivity contribution in [2.75, 3.05) is 26.2 Å². The molecule has 4 rings (SSSR count). The molecule has 2 aromatic rings. The Morgan fingerprint density at radius 1 is 1.07 bits per heavy atom. The number of amides is 2. The fourth-order valence-electron chi connectivity index (χ4n) is 4.23. The van der Waals surface area contributed by atoms with E-state index in [0.29, 0.717) is 18.7 Å². The summed E-state index contributed by atoms with van der Waals surface area (Å²) in [7, 11) is 0. The number of hydrogen-bond acceptors (Lipinski definition) is 3. The van der Waals surface area contributed by atoms with Crippen LogP contribution in [0.25, 0.3) is 0 Å². The number of likely N-dealkylation sites (tertiary alicyclic amines) is 1. The van der Waals surface area contributed by atoms with Crippen LogP contribution >= 0.6 is 0 Å². The highest BCUT2D eigenvalue weighted by Gasteiger charge is 2.34. The second-order valence-electron chi connectivity index (χ2n) is 7.76. The fraction of sp³-hybridized carbons (Fsp3) is 0.391. The van der Waals surface area contributed by atoms with Crippen molar-refractivity contribution in [1.29, 1.82) is 0 Å². The molecule has 0 spiro atoms. The molecule has 1 saturated heterocycles. The second kappa shape index (κ2) is 8.74. The van der Waals surface area contributed by atoms with Crippen LogP contribution in [0.5, 0.6) is 0 Å². The third-order valence-electron chi connectivity index (χ3n) is 5.81. The van der Waals surface area contributed by atoms with Gasteiger partial charge in [0.2, 0.25) is 5.91 Å². The van der Waals surface area contributed by atoms with Crippen molar-refractivity contribution >= 4 is 11.8 Å². The molecule has 2 aliphatic heterocycles. The Kier molecular flexibility index (Phi) is 5.90. The van der Waals surface area contributed by atoms with Crippen LogP contribution in [0, 0.1) is 5.82 Å². The molecule has 6 heteroatoms. The molecule has 1 N–H and O–H groups in total. The SMILES string of the molecule is O=C(C[C@H](c1ccc(F)cc1)N1Cc2ccccc2C1=O)NCCN1CCCC1. The zero-order valence-corrected chi connectivity index (χ0v) is 16.4. The van der Waals surface area contributed by atoms with Crippen LogP contribution < -0.4 is 5.32 Å². The van der Waals surface area contributed by atoms with E-state index in [1.54, 1.807) is 17.0 Å². The van der Waals surface area contributed by atoms with Gasteiger partial charge in [0, 0.05) is 25.2 Å². The molecule has 152 valence electrons. The Morgan fingerprint density at radius 3 is 2.52 bits per heavy atom. The molecule has 2 aliphatic rings. The minimum absolute atomic E-state index is 0.0835. The molecule has 2 aromatic carbocycles. The second-order valence-corrected chi connectivity index (χ2v) is 7.76. The monoisotopic (exact) mass is 395 g/mol. The van der Waals surface area contributed by atoms with Gasteiger partial charge in [0.05, 0.1) is 12.5 Å². The summed E-state index contributed by atoms with van der Waals surface area (Å²) in [5.41, 5.74) is 2.40. The van der Waals surface area contributed by atoms with E-state index in [-0.39, 0.29) is 24.1 Å². The molecule has 0 unspecified atom stereocenters. The molecule has 0 aliphatic carbocycles. The maximum atomic E-state index is 13.4. The lowest BCUT2D eigenvalue weighted by atomic mass is 10.0. The first-order valence-electron chi connectivity index (χ1n) is 10.3. The lowest BCUT2D eigenvalue weighted by molar-refractivity contribution is -0.122. The van der Waals surface area contributed by atoms with Crippen molar-refractivity contribution in [3.05, 3.63) is 71.0 Å². The van der Waals surface area contributed by atoms with E-state index >= 15 is 0 Å². The van der Waals surface area contributed by atoms with Gasteiger partial charge in [-0.3, -0.25) is 9.59 Å². The quantitative estimate of drug-likeness (QED) is 0.784. The molecule has 0 saturated carbocycles. The van der Waals surface area contributed by atoms with Gasteiger partial charge in [-0.2, -0.15) is 0 Å². The maximum Gasteiger partial charge on any atom is 0.255 e. The first-order chi connectivity index (χ1) is 14.1. The smallest absolute Gasteiger partial charge is 0.255 e. The zero-order valence-electron chi connectivity index (χ0n) is 16.4. The normalized spacial score (nSPS) is 17.4. The predicted octanol–water partition coefficient (Wildman–Crippen LogP) is 3.12. The van der Waals surface area contributed by atoms with Crippen molar-refractivity contribution in [3.63, 3.8) is 0 Å². The largest absolute Gasteiger partial charge is 0.355 e. The lowest BCUT2D eigenvalue weighted by Gasteiger charge is -2.28. The molecule has 1 atom stereocenters. The summed E-state index contributed by atoms with van der Waals surface area (Å²) in [6, 6.07) is 13.2. The zero-order chi connectivity index (χ0) is 20.2. The van der Waals surface area contributed by atoms with Gasteiger partial charge >= 0.3 is 0 Å². The van der Waals surface area contributed by atoms with Crippen LogP contribution in [0.1, 0.15) is 46.8 Å². The van der Waals surface area contributed by atoms with Crippen LogP contribution in [0.15, 0.2) is 48.5 Å². The first-order valence-corrected chi connectivity index (χ1v) is 10.3. The highest BCUT2D eigenvalue weighted by Crippen LogP contribution is 2.33. The van der Waals surface area contributed by atoms with Crippen LogP contribution in [-0.2, 0) is 11.3 Å². The molecule has 2 heterocycles. The van der Waals surface area contributed by atoms with Gasteiger partial charge in [-0.05, 0) is 55.3 Å². The summed E-state index contributed by atoms with van der Waals surface area (Å²) in [5, 5.41) is 2.99. The average molecular weight is 395 g/mol. The minimum atomic E-state index is -0.428. The molecule has 1 fully saturated rings. The summed E-state index contributed by atoms with van der Waals surface area (Å²) in [4.78, 5) is 29.7. The third-order valence-corrected chi connectivity index (χ3v) is 5.81. The molecule has 0 aromatic heterocycles. The standard InChI is InChI=1S/C23H26FN3O2/c24-19-9-7-17(8-10-19)21(15-22(28)25-11-14-26-12-3-4-13-26)27-16-18-5-1-2-6-20(18)23(27)29/h1-2,5-10,21H,3-4,11-16H2,(H,25,28)/t21-/m1/s1. The highest BCUT2D eigenvalue weighted by molar-refractivity contribution is 5.98. The maximum absolute atomic E-state index is 13.4. The predicted molar refractivity (Wildman–Crippen MR) is 109 cm³/mol. The van der Waals surface area contributed by atoms with Crippen LogP contribution in [0.2, 0.25) is 0 Å². The summed E-state index contributed by atoms with van der Waals surface area (Å²) in [6.07, 6.45) is 2.60. The fourth-order valence-corrected chi connectivity index (χ4v) is 4.23. The van der Waals surface area contributed by atoms with Gasteiger partial charge in [0.25, 0.3) is 5.91 Å². The van der Waals surface area contributed by atoms with Crippen LogP contribution in [0.4, 0.5) is 4.39 Å². The van der Waals surface area contributed by atoms with E-state index in [1.165, 1.54) is 25.0 Å². The number of carbonyl (C=O) groups excluding carboxylic acids is 2. The number of hydrogen-bond donors (Lipinski definition) is 1. The van der Waals surface area contributed by atoms with Crippen molar-refractivity contribution in [1.82, 2.24) is 15.1 Å². The number of nitrogens with zero attached hydrogens (tertiary/aromatic N) is 2. The van der Waals surface area contributed by atoms with E-state index in [0.717, 1.165) is 30.8 Å². The van der Waals surface area contributed by atoms with Crippen LogP contribution in [0.3, 0.4) is 0 Å². The summed E-state index contributed by atoms with van der Waals surface area (Å²) in [6.45, 7) is 4.09. The summed E-state index contributed by atoms with van der Waals surface area (Å²) < 4.78 is 13.4. The van der Waals surface area contributed by atoms with E-state index in [4.69, 9.17) is 0 Å². The first kappa shape index (κ1) is 19.6. The number of fused-ring (bicyclic) bond motifs is 1. The van der Waals surface area contributed by atoms with Crippen molar-refractivity contribution in [3.8, 4) is 0 Å². The number of halogens is 1. The average Bonchev–Trinajstić information content (AvgIpc) is 3.35. The van der Waals surface area contributed by atoms with Crippen molar-refractivity contribution in [2.45, 2.75) is 31.8 Å². The molecular weight excluding hydrogens is 369 g/mol. The Balaban J connectivity index is 1.46. The van der Waals surface area contributed by atoms with Gasteiger partial charge < -0.3 is 15.1 Å². The Bertz CT molecular complexity index is 878. The number of benzene rings is 2. The Morgan fingerprint density at radius 2 is 1.79 bits per heavy atom. The summed E-state index contributed by atoms with van der Waals surface area (Å²) >= 11 is 0. The molecular formula is C23H26FN3O2. The van der Waals surface area contributed by atoms with Gasteiger partial charge in [0.1, 0.15) is 5.82 Å². The topological polar surface area (TPSA) is 52.7 Å². The summed E-state index contributed by atoms with van der Waals surface area (Å²) in [5.74, 6) is -0.513. The molecule has 2 amide bonds. The van der Waals surface area contributed by atoms with Gasteiger partial charge in [-0.25, -0.2) is 4.39 Å². The van der Waals surface area contributed by atoms with E-state index in [1.807, 2.05) is 24.3 Å². The van der Waals surface area contributed by atoms with E-state index in [2.05, 4.69) is 10.2 Å². The number of rotatable bonds is 7. The third kappa shape index (κ3) is 4.48. The van der Waals surface area contributed by atoms with Gasteiger partial charge in [-0.15, -0.1) is 0 Å². The molecule has 5 nitrogen and oxygen atoms in total. The molecule has 0 radical (unpaired) electrons.